The van der Waals surface area contributed by atoms with E-state index in [1.807, 2.05) is 97.9 Å². The number of hydrogen-bond donors (Lipinski definition) is 2. The van der Waals surface area contributed by atoms with Crippen LogP contribution in [-0.2, 0) is 43.5 Å². The van der Waals surface area contributed by atoms with Crippen molar-refractivity contribution < 1.29 is 33.6 Å². The minimum absolute atomic E-state index is 0.247. The van der Waals surface area contributed by atoms with Crippen LogP contribution < -0.4 is 5.32 Å². The lowest BCUT2D eigenvalue weighted by Gasteiger charge is -2.43. The summed E-state index contributed by atoms with van der Waals surface area (Å²) in [5, 5.41) is 14.0. The summed E-state index contributed by atoms with van der Waals surface area (Å²) in [7, 11) is 0. The monoisotopic (exact) mass is 563 g/mol. The summed E-state index contributed by atoms with van der Waals surface area (Å²) in [6.45, 7) is 3.82. The van der Waals surface area contributed by atoms with E-state index < -0.39 is 30.7 Å². The lowest BCUT2D eigenvalue weighted by Crippen LogP contribution is -2.59. The fourth-order valence-corrected chi connectivity index (χ4v) is 4.65. The van der Waals surface area contributed by atoms with Crippen LogP contribution in [0.4, 0.5) is 4.79 Å². The van der Waals surface area contributed by atoms with Gasteiger partial charge in [-0.3, -0.25) is 0 Å². The average Bonchev–Trinajstić information content (AvgIpc) is 3.01. The molecule has 2 N–H and O–H groups in total. The van der Waals surface area contributed by atoms with Crippen LogP contribution in [0.25, 0.3) is 0 Å². The van der Waals surface area contributed by atoms with Gasteiger partial charge in [0.05, 0.1) is 19.3 Å². The Morgan fingerprint density at radius 2 is 1.27 bits per heavy atom. The van der Waals surface area contributed by atoms with Gasteiger partial charge in [-0.15, -0.1) is 0 Å². The van der Waals surface area contributed by atoms with Crippen molar-refractivity contribution in [3.8, 4) is 0 Å². The Balaban J connectivity index is 1.19. The van der Waals surface area contributed by atoms with Crippen LogP contribution in [-0.4, -0.2) is 55.1 Å². The third-order valence-electron chi connectivity index (χ3n) is 6.91. The number of rotatable bonds is 15. The number of carbonyl (C=O) groups excluding carboxylic acids is 1. The molecule has 1 aliphatic heterocycles. The second-order valence-electron chi connectivity index (χ2n) is 10.1. The van der Waals surface area contributed by atoms with Crippen molar-refractivity contribution in [1.29, 1.82) is 0 Å². The molecule has 0 aromatic heterocycles. The first-order valence-electron chi connectivity index (χ1n) is 14.3. The Hall–Kier alpha value is -3.27. The van der Waals surface area contributed by atoms with Crippen LogP contribution in [0.15, 0.2) is 91.0 Å². The van der Waals surface area contributed by atoms with Gasteiger partial charge in [0.15, 0.2) is 6.29 Å². The van der Waals surface area contributed by atoms with Crippen LogP contribution >= 0.6 is 0 Å². The Morgan fingerprint density at radius 1 is 0.732 bits per heavy atom. The fraction of sp³-hybridized carbons (Fsp3) is 0.424. The zero-order chi connectivity index (χ0) is 28.7. The van der Waals surface area contributed by atoms with E-state index in [9.17, 15) is 9.90 Å². The molecule has 0 spiro atoms. The fourth-order valence-electron chi connectivity index (χ4n) is 4.65. The predicted octanol–water partition coefficient (Wildman–Crippen LogP) is 5.38. The molecule has 3 aromatic rings. The van der Waals surface area contributed by atoms with Crippen molar-refractivity contribution in [3.05, 3.63) is 108 Å². The van der Waals surface area contributed by atoms with Gasteiger partial charge in [0.1, 0.15) is 24.9 Å². The van der Waals surface area contributed by atoms with Crippen LogP contribution in [0.1, 0.15) is 42.9 Å². The zero-order valence-electron chi connectivity index (χ0n) is 23.6. The first-order valence-corrected chi connectivity index (χ1v) is 14.3. The van der Waals surface area contributed by atoms with Gasteiger partial charge in [-0.25, -0.2) is 4.79 Å². The molecule has 0 radical (unpaired) electrons. The molecule has 220 valence electrons. The van der Waals surface area contributed by atoms with Gasteiger partial charge in [-0.05, 0) is 42.9 Å². The average molecular weight is 564 g/mol. The predicted molar refractivity (Wildman–Crippen MR) is 155 cm³/mol. The molecule has 0 unspecified atom stereocenters. The van der Waals surface area contributed by atoms with E-state index in [0.29, 0.717) is 26.4 Å². The molecule has 4 rings (SSSR count). The summed E-state index contributed by atoms with van der Waals surface area (Å²) in [6.07, 6.45) is -1.33. The smallest absolute Gasteiger partial charge is 0.407 e. The van der Waals surface area contributed by atoms with Crippen molar-refractivity contribution in [2.45, 2.75) is 76.7 Å². The normalized spacial score (nSPS) is 22.2. The quantitative estimate of drug-likeness (QED) is 0.240. The molecule has 1 heterocycles. The Morgan fingerprint density at radius 3 is 1.85 bits per heavy atom. The van der Waals surface area contributed by atoms with Gasteiger partial charge in [-0.2, -0.15) is 0 Å². The topological polar surface area (TPSA) is 95.5 Å². The summed E-state index contributed by atoms with van der Waals surface area (Å²) in [6, 6.07) is 29.3. The molecule has 3 aromatic carbocycles. The second kappa shape index (κ2) is 16.9. The van der Waals surface area contributed by atoms with Crippen LogP contribution in [0.2, 0.25) is 0 Å². The van der Waals surface area contributed by atoms with Gasteiger partial charge in [0.25, 0.3) is 0 Å². The highest BCUT2D eigenvalue weighted by atomic mass is 16.7. The molecule has 41 heavy (non-hydrogen) atoms. The van der Waals surface area contributed by atoms with Crippen molar-refractivity contribution in [3.63, 3.8) is 0 Å². The lowest BCUT2D eigenvalue weighted by atomic mass is 9.99. The molecule has 1 fully saturated rings. The van der Waals surface area contributed by atoms with Gasteiger partial charge in [-0.1, -0.05) is 91.0 Å². The SMILES string of the molecule is C[C@@H]1O[C@@H](OCCCCCNC(=O)OCc2ccccc2)[C@H](O)[C@H](OCc2ccccc2)[C@H]1OCc1ccccc1. The van der Waals surface area contributed by atoms with E-state index in [2.05, 4.69) is 5.32 Å². The van der Waals surface area contributed by atoms with E-state index in [1.54, 1.807) is 0 Å². The minimum Gasteiger partial charge on any atom is -0.445 e. The maximum Gasteiger partial charge on any atom is 0.407 e. The van der Waals surface area contributed by atoms with Gasteiger partial charge in [0, 0.05) is 13.2 Å². The standard InChI is InChI=1S/C33H41NO7/c1-25-30(38-22-26-14-6-2-7-15-26)31(39-23-27-16-8-3-9-17-27)29(35)32(41-25)37-21-13-5-12-20-34-33(36)40-24-28-18-10-4-11-19-28/h2-4,6-11,14-19,25,29-32,35H,5,12-13,20-24H2,1H3,(H,34,36)/t25-,29+,30-,31-,32+/m0/s1. The van der Waals surface area contributed by atoms with E-state index in [0.717, 1.165) is 36.0 Å². The Kier molecular flexibility index (Phi) is 12.6. The summed E-state index contributed by atoms with van der Waals surface area (Å²) < 4.78 is 29.7. The molecular formula is C33H41NO7. The molecule has 1 aliphatic rings. The van der Waals surface area contributed by atoms with Crippen molar-refractivity contribution >= 4 is 6.09 Å². The second-order valence-corrected chi connectivity index (χ2v) is 10.1. The molecule has 8 heteroatoms. The van der Waals surface area contributed by atoms with Crippen molar-refractivity contribution in [2.75, 3.05) is 13.2 Å². The first kappa shape index (κ1) is 30.7. The largest absolute Gasteiger partial charge is 0.445 e. The number of ether oxygens (including phenoxy) is 5. The molecule has 5 atom stereocenters. The van der Waals surface area contributed by atoms with Crippen molar-refractivity contribution in [2.24, 2.45) is 0 Å². The Labute approximate surface area is 242 Å². The van der Waals surface area contributed by atoms with E-state index in [-0.39, 0.29) is 12.7 Å². The first-order chi connectivity index (χ1) is 20.1. The van der Waals surface area contributed by atoms with Gasteiger partial charge < -0.3 is 34.1 Å². The lowest BCUT2D eigenvalue weighted by molar-refractivity contribution is -0.309. The molecular weight excluding hydrogens is 522 g/mol. The number of hydrogen-bond acceptors (Lipinski definition) is 7. The van der Waals surface area contributed by atoms with Gasteiger partial charge in [0.2, 0.25) is 0 Å². The van der Waals surface area contributed by atoms with Crippen LogP contribution in [0.5, 0.6) is 0 Å². The number of aliphatic hydroxyl groups excluding tert-OH is 1. The van der Waals surface area contributed by atoms with E-state index in [1.165, 1.54) is 0 Å². The molecule has 1 saturated heterocycles. The Bertz CT molecular complexity index is 1130. The van der Waals surface area contributed by atoms with Crippen LogP contribution in [0.3, 0.4) is 0 Å². The summed E-state index contributed by atoms with van der Waals surface area (Å²) >= 11 is 0. The molecule has 0 aliphatic carbocycles. The number of carbonyl (C=O) groups is 1. The number of alkyl carbamates (subject to hydrolysis) is 1. The molecule has 0 saturated carbocycles. The molecule has 0 bridgehead atoms. The van der Waals surface area contributed by atoms with Gasteiger partial charge >= 0.3 is 6.09 Å². The molecule has 1 amide bonds. The third kappa shape index (κ3) is 10.3. The molecule has 8 nitrogen and oxygen atoms in total. The van der Waals surface area contributed by atoms with E-state index in [4.69, 9.17) is 23.7 Å². The number of nitrogens with one attached hydrogen (secondary N) is 1. The van der Waals surface area contributed by atoms with Crippen molar-refractivity contribution in [1.82, 2.24) is 5.32 Å². The number of unbranched alkanes of at least 4 members (excludes halogenated alkanes) is 2. The summed E-state index contributed by atoms with van der Waals surface area (Å²) in [5.74, 6) is 0. The highest BCUT2D eigenvalue weighted by molar-refractivity contribution is 5.67. The maximum atomic E-state index is 11.9. The van der Waals surface area contributed by atoms with Crippen LogP contribution in [0, 0.1) is 0 Å². The number of benzene rings is 3. The highest BCUT2D eigenvalue weighted by Gasteiger charge is 2.45. The maximum absolute atomic E-state index is 11.9. The summed E-state index contributed by atoms with van der Waals surface area (Å²) in [5.41, 5.74) is 2.99. The number of aliphatic hydroxyl groups is 1. The van der Waals surface area contributed by atoms with E-state index >= 15 is 0 Å². The number of amides is 1. The highest BCUT2D eigenvalue weighted by Crippen LogP contribution is 2.28. The zero-order valence-corrected chi connectivity index (χ0v) is 23.6. The third-order valence-corrected chi connectivity index (χ3v) is 6.91. The summed E-state index contributed by atoms with van der Waals surface area (Å²) in [4.78, 5) is 11.9. The minimum atomic E-state index is -1.02.